The third-order valence-electron chi connectivity index (χ3n) is 0.582. The van der Waals surface area contributed by atoms with Crippen molar-refractivity contribution in [3.05, 3.63) is 0 Å². The summed E-state index contributed by atoms with van der Waals surface area (Å²) in [4.78, 5) is 0. The summed E-state index contributed by atoms with van der Waals surface area (Å²) < 4.78 is 6.25. The van der Waals surface area contributed by atoms with Crippen molar-refractivity contribution in [3.63, 3.8) is 0 Å². The van der Waals surface area contributed by atoms with Gasteiger partial charge in [-0.25, -0.2) is 0 Å². The van der Waals surface area contributed by atoms with Gasteiger partial charge in [0.05, 0.1) is 0 Å². The minimum atomic E-state index is 0.104. The van der Waals surface area contributed by atoms with Crippen molar-refractivity contribution in [2.75, 3.05) is 17.7 Å². The molecule has 0 bridgehead atoms. The summed E-state index contributed by atoms with van der Waals surface area (Å²) in [5.74, 6) is 0. The van der Waals surface area contributed by atoms with Crippen molar-refractivity contribution in [2.45, 2.75) is 0 Å². The van der Waals surface area contributed by atoms with Gasteiger partial charge in [-0.2, -0.15) is 0 Å². The molecule has 0 atom stereocenters. The van der Waals surface area contributed by atoms with Crippen LogP contribution >= 0.6 is 0 Å². The van der Waals surface area contributed by atoms with Gasteiger partial charge in [-0.1, -0.05) is 0 Å². The second-order valence-electron chi connectivity index (χ2n) is 1.06. The molecule has 0 unspecified atom stereocenters. The quantitative estimate of drug-likeness (QED) is 0.249. The van der Waals surface area contributed by atoms with Crippen LogP contribution in [0.15, 0.2) is 0 Å². The molecule has 0 aromatic rings. The summed E-state index contributed by atoms with van der Waals surface area (Å²) in [6, 6.07) is 0. The average Bonchev–Trinajstić information content (AvgIpc) is 1.72. The van der Waals surface area contributed by atoms with Crippen LogP contribution in [-0.2, 0) is 3.07 Å². The summed E-state index contributed by atoms with van der Waals surface area (Å²) in [6.07, 6.45) is 0. The Balaban J connectivity index is 2.00. The van der Waals surface area contributed by atoms with E-state index >= 15 is 0 Å². The number of hydrogen-bond acceptors (Lipinski definition) is 2. The molecule has 0 saturated carbocycles. The first-order chi connectivity index (χ1) is 3.00. The Hall–Kier alpha value is 0.650. The van der Waals surface area contributed by atoms with E-state index in [0.29, 0.717) is 0 Å². The summed E-state index contributed by atoms with van der Waals surface area (Å²) >= 11 is 0.104. The van der Waals surface area contributed by atoms with Crippen molar-refractivity contribution in [2.24, 2.45) is 0 Å². The van der Waals surface area contributed by atoms with Crippen LogP contribution in [0, 0.1) is 0 Å². The van der Waals surface area contributed by atoms with Gasteiger partial charge in [0.1, 0.15) is 0 Å². The Kier molecular flexibility index (Phi) is 2.21. The Morgan fingerprint density at radius 1 is 1.67 bits per heavy atom. The predicted octanol–water partition coefficient (Wildman–Crippen LogP) is -3.43. The third-order valence-corrected chi connectivity index (χ3v) is 2.31. The van der Waals surface area contributed by atoms with Crippen molar-refractivity contribution >= 4 is 0 Å². The zero-order valence-corrected chi connectivity index (χ0v) is 5.57. The van der Waals surface area contributed by atoms with E-state index in [-0.39, 0.29) is 21.6 Å². The maximum atomic E-state index is 5.12. The van der Waals surface area contributed by atoms with E-state index in [9.17, 15) is 0 Å². The van der Waals surface area contributed by atoms with E-state index in [4.69, 9.17) is 3.07 Å². The summed E-state index contributed by atoms with van der Waals surface area (Å²) in [6.45, 7) is 1.99. The molecule has 0 aromatic carbocycles. The zero-order chi connectivity index (χ0) is 4.24. The monoisotopic (exact) mass is 200 g/mol. The van der Waals surface area contributed by atoms with Gasteiger partial charge < -0.3 is 0 Å². The van der Waals surface area contributed by atoms with Crippen LogP contribution in [0.5, 0.6) is 0 Å². The van der Waals surface area contributed by atoms with Crippen molar-refractivity contribution in [3.8, 4) is 0 Å². The standard InChI is InChI=1S/C3H7INO/c1-2-6-4-3-5-1/h5H,1-3H2/q-1. The first-order valence-corrected chi connectivity index (χ1v) is 4.32. The molecule has 1 rings (SSSR count). The van der Waals surface area contributed by atoms with E-state index < -0.39 is 0 Å². The van der Waals surface area contributed by atoms with Crippen molar-refractivity contribution in [1.29, 1.82) is 0 Å². The Morgan fingerprint density at radius 2 is 2.67 bits per heavy atom. The maximum absolute atomic E-state index is 5.12. The van der Waals surface area contributed by atoms with Gasteiger partial charge in [-0.15, -0.1) is 0 Å². The number of hydrogen-bond donors (Lipinski definition) is 1. The SMILES string of the molecule is C1CO[I-]CN1. The molecule has 2 nitrogen and oxygen atoms in total. The van der Waals surface area contributed by atoms with E-state index in [0.717, 1.165) is 17.7 Å². The fourth-order valence-electron chi connectivity index (χ4n) is 0.309. The fourth-order valence-corrected chi connectivity index (χ4v) is 1.66. The van der Waals surface area contributed by atoms with Crippen molar-refractivity contribution < 1.29 is 24.7 Å². The molecule has 0 spiro atoms. The molecular weight excluding hydrogens is 193 g/mol. The van der Waals surface area contributed by atoms with E-state index in [2.05, 4.69) is 5.32 Å². The normalized spacial score (nSPS) is 25.3. The van der Waals surface area contributed by atoms with Crippen LogP contribution in [0.25, 0.3) is 0 Å². The molecule has 1 saturated heterocycles. The van der Waals surface area contributed by atoms with E-state index in [1.807, 2.05) is 0 Å². The van der Waals surface area contributed by atoms with Gasteiger partial charge in [0.15, 0.2) is 0 Å². The van der Waals surface area contributed by atoms with Gasteiger partial charge in [0.25, 0.3) is 0 Å². The van der Waals surface area contributed by atoms with Crippen LogP contribution in [0.1, 0.15) is 0 Å². The molecule has 1 aliphatic rings. The van der Waals surface area contributed by atoms with Gasteiger partial charge in [-0.05, 0) is 0 Å². The molecular formula is C3H7INO-. The molecule has 1 fully saturated rings. The molecule has 0 amide bonds. The molecule has 6 heavy (non-hydrogen) atoms. The Labute approximate surface area is 48.1 Å². The Bertz CT molecular complexity index is 26.3. The van der Waals surface area contributed by atoms with Gasteiger partial charge in [-0.3, -0.25) is 0 Å². The topological polar surface area (TPSA) is 21.3 Å². The van der Waals surface area contributed by atoms with Crippen LogP contribution in [-0.4, -0.2) is 17.7 Å². The molecule has 38 valence electrons. The van der Waals surface area contributed by atoms with Gasteiger partial charge >= 0.3 is 47.7 Å². The molecule has 0 aromatic heterocycles. The Morgan fingerprint density at radius 3 is 2.83 bits per heavy atom. The summed E-state index contributed by atoms with van der Waals surface area (Å²) in [5.41, 5.74) is 0. The molecule has 3 heteroatoms. The van der Waals surface area contributed by atoms with Crippen LogP contribution in [0.2, 0.25) is 0 Å². The molecule has 0 radical (unpaired) electrons. The van der Waals surface area contributed by atoms with Crippen molar-refractivity contribution in [1.82, 2.24) is 5.32 Å². The fraction of sp³-hybridized carbons (Fsp3) is 1.00. The number of alkyl halides is 1. The molecule has 1 aliphatic heterocycles. The van der Waals surface area contributed by atoms with Gasteiger partial charge in [0, 0.05) is 0 Å². The second-order valence-corrected chi connectivity index (χ2v) is 3.06. The number of nitrogens with one attached hydrogen (secondary N) is 1. The first kappa shape index (κ1) is 4.80. The first-order valence-electron chi connectivity index (χ1n) is 1.92. The number of rotatable bonds is 0. The summed E-state index contributed by atoms with van der Waals surface area (Å²) in [5, 5.41) is 3.21. The number of halogens is 1. The van der Waals surface area contributed by atoms with Gasteiger partial charge in [0.2, 0.25) is 0 Å². The summed E-state index contributed by atoms with van der Waals surface area (Å²) in [7, 11) is 0. The second kappa shape index (κ2) is 2.76. The third kappa shape index (κ3) is 1.40. The average molecular weight is 200 g/mol. The van der Waals surface area contributed by atoms with Crippen LogP contribution < -0.4 is 26.9 Å². The molecule has 1 N–H and O–H groups in total. The molecule has 1 heterocycles. The van der Waals surface area contributed by atoms with Crippen LogP contribution in [0.4, 0.5) is 0 Å². The van der Waals surface area contributed by atoms with E-state index in [1.54, 1.807) is 0 Å². The van der Waals surface area contributed by atoms with Crippen LogP contribution in [0.3, 0.4) is 0 Å². The zero-order valence-electron chi connectivity index (χ0n) is 3.41. The van der Waals surface area contributed by atoms with E-state index in [1.165, 1.54) is 0 Å². The molecule has 0 aliphatic carbocycles. The predicted molar refractivity (Wildman–Crippen MR) is 18.8 cm³/mol. The minimum absolute atomic E-state index is 0.104.